The monoisotopic (exact) mass is 328 g/mol. The van der Waals surface area contributed by atoms with Gasteiger partial charge in [-0.05, 0) is 69.2 Å². The number of nitrogens with one attached hydrogen (secondary N) is 2. The second-order valence-electron chi connectivity index (χ2n) is 5.86. The van der Waals surface area contributed by atoms with Crippen LogP contribution in [0.4, 0.5) is 5.69 Å². The smallest absolute Gasteiger partial charge is 0.171 e. The molecule has 0 aliphatic rings. The summed E-state index contributed by atoms with van der Waals surface area (Å²) in [4.78, 5) is 0. The van der Waals surface area contributed by atoms with E-state index in [1.807, 2.05) is 18.2 Å². The fraction of sp³-hybridized carbons (Fsp3) is 0.316. The maximum Gasteiger partial charge on any atom is 0.171 e. The average Bonchev–Trinajstić information content (AvgIpc) is 2.50. The van der Waals surface area contributed by atoms with Crippen molar-refractivity contribution >= 4 is 23.0 Å². The topological polar surface area (TPSA) is 33.3 Å². The molecule has 0 aliphatic heterocycles. The van der Waals surface area contributed by atoms with Crippen molar-refractivity contribution in [1.82, 2.24) is 5.32 Å². The predicted molar refractivity (Wildman–Crippen MR) is 101 cm³/mol. The van der Waals surface area contributed by atoms with E-state index >= 15 is 0 Å². The summed E-state index contributed by atoms with van der Waals surface area (Å²) in [6.45, 7) is 8.34. The molecule has 0 unspecified atom stereocenters. The van der Waals surface area contributed by atoms with E-state index in [1.54, 1.807) is 7.11 Å². The van der Waals surface area contributed by atoms with Gasteiger partial charge in [0.2, 0.25) is 0 Å². The minimum atomic E-state index is 0.0522. The summed E-state index contributed by atoms with van der Waals surface area (Å²) in [6.07, 6.45) is 0. The molecule has 2 N–H and O–H groups in total. The lowest BCUT2D eigenvalue weighted by Gasteiger charge is -2.20. The Kier molecular flexibility index (Phi) is 5.61. The largest absolute Gasteiger partial charge is 0.496 e. The van der Waals surface area contributed by atoms with Crippen LogP contribution in [-0.2, 0) is 0 Å². The maximum absolute atomic E-state index is 5.45. The third-order valence-corrected chi connectivity index (χ3v) is 4.18. The third-order valence-electron chi connectivity index (χ3n) is 3.96. The maximum atomic E-state index is 5.45. The predicted octanol–water partition coefficient (Wildman–Crippen LogP) is 4.67. The van der Waals surface area contributed by atoms with Gasteiger partial charge in [0.05, 0.1) is 13.2 Å². The molecule has 4 heteroatoms. The first-order chi connectivity index (χ1) is 10.9. The first-order valence-electron chi connectivity index (χ1n) is 7.70. The molecule has 0 bridgehead atoms. The standard InChI is InChI=1S/C19H24N2OS/c1-12-6-9-18(22-5)17(10-12)15(4)20-19(23)21-16-8-7-13(2)14(3)11-16/h6-11,15H,1-5H3,(H2,20,21,23)/t15-/m0/s1. The minimum absolute atomic E-state index is 0.0522. The summed E-state index contributed by atoms with van der Waals surface area (Å²) in [5.41, 5.74) is 5.80. The van der Waals surface area contributed by atoms with E-state index in [2.05, 4.69) is 56.5 Å². The van der Waals surface area contributed by atoms with Crippen LogP contribution in [0.2, 0.25) is 0 Å². The number of ether oxygens (including phenoxy) is 1. The van der Waals surface area contributed by atoms with Gasteiger partial charge in [-0.25, -0.2) is 0 Å². The Labute approximate surface area is 144 Å². The van der Waals surface area contributed by atoms with E-state index < -0.39 is 0 Å². The fourth-order valence-electron chi connectivity index (χ4n) is 2.45. The number of rotatable bonds is 4. The molecule has 23 heavy (non-hydrogen) atoms. The van der Waals surface area contributed by atoms with Gasteiger partial charge in [-0.2, -0.15) is 0 Å². The van der Waals surface area contributed by atoms with Gasteiger partial charge >= 0.3 is 0 Å². The molecule has 0 aliphatic carbocycles. The van der Waals surface area contributed by atoms with E-state index in [1.165, 1.54) is 16.7 Å². The van der Waals surface area contributed by atoms with Gasteiger partial charge in [-0.3, -0.25) is 0 Å². The van der Waals surface area contributed by atoms with Gasteiger partial charge in [-0.1, -0.05) is 23.8 Å². The summed E-state index contributed by atoms with van der Waals surface area (Å²) in [6, 6.07) is 12.4. The van der Waals surface area contributed by atoms with Crippen molar-refractivity contribution in [2.75, 3.05) is 12.4 Å². The molecule has 1 atom stereocenters. The molecule has 122 valence electrons. The van der Waals surface area contributed by atoms with Crippen molar-refractivity contribution in [2.45, 2.75) is 33.7 Å². The molecule has 0 saturated heterocycles. The van der Waals surface area contributed by atoms with Crippen LogP contribution in [0.3, 0.4) is 0 Å². The Hall–Kier alpha value is -2.07. The van der Waals surface area contributed by atoms with Crippen molar-refractivity contribution in [2.24, 2.45) is 0 Å². The molecule has 0 saturated carbocycles. The Balaban J connectivity index is 2.07. The van der Waals surface area contributed by atoms with E-state index in [0.717, 1.165) is 17.0 Å². The van der Waals surface area contributed by atoms with Crippen LogP contribution in [0.25, 0.3) is 0 Å². The lowest BCUT2D eigenvalue weighted by molar-refractivity contribution is 0.405. The summed E-state index contributed by atoms with van der Waals surface area (Å²) in [5, 5.41) is 7.16. The molecule has 2 aromatic rings. The van der Waals surface area contributed by atoms with Crippen LogP contribution in [0.15, 0.2) is 36.4 Å². The van der Waals surface area contributed by atoms with Gasteiger partial charge in [0.15, 0.2) is 5.11 Å². The SMILES string of the molecule is COc1ccc(C)cc1[C@H](C)NC(=S)Nc1ccc(C)c(C)c1. The van der Waals surface area contributed by atoms with E-state index in [0.29, 0.717) is 5.11 Å². The summed E-state index contributed by atoms with van der Waals surface area (Å²) < 4.78 is 5.45. The molecule has 0 aromatic heterocycles. The highest BCUT2D eigenvalue weighted by Gasteiger charge is 2.13. The van der Waals surface area contributed by atoms with Gasteiger partial charge in [-0.15, -0.1) is 0 Å². The first kappa shape index (κ1) is 17.3. The second-order valence-corrected chi connectivity index (χ2v) is 6.27. The number of hydrogen-bond donors (Lipinski definition) is 2. The van der Waals surface area contributed by atoms with Crippen molar-refractivity contribution in [1.29, 1.82) is 0 Å². The quantitative estimate of drug-likeness (QED) is 0.799. The lowest BCUT2D eigenvalue weighted by Crippen LogP contribution is -2.31. The molecule has 0 amide bonds. The van der Waals surface area contributed by atoms with Crippen LogP contribution in [0.5, 0.6) is 5.75 Å². The molecule has 0 spiro atoms. The van der Waals surface area contributed by atoms with Crippen LogP contribution >= 0.6 is 12.2 Å². The van der Waals surface area contributed by atoms with E-state index in [9.17, 15) is 0 Å². The Bertz CT molecular complexity index is 713. The molecule has 3 nitrogen and oxygen atoms in total. The number of benzene rings is 2. The molecule has 0 heterocycles. The van der Waals surface area contributed by atoms with Gasteiger partial charge in [0.1, 0.15) is 5.75 Å². The number of anilines is 1. The molecular weight excluding hydrogens is 304 g/mol. The van der Waals surface area contributed by atoms with Crippen molar-refractivity contribution in [3.05, 3.63) is 58.7 Å². The van der Waals surface area contributed by atoms with Crippen molar-refractivity contribution < 1.29 is 4.74 Å². The average molecular weight is 328 g/mol. The third kappa shape index (κ3) is 4.45. The van der Waals surface area contributed by atoms with Crippen molar-refractivity contribution in [3.63, 3.8) is 0 Å². The highest BCUT2D eigenvalue weighted by molar-refractivity contribution is 7.80. The number of thiocarbonyl (C=S) groups is 1. The summed E-state index contributed by atoms with van der Waals surface area (Å²) in [5.74, 6) is 0.865. The zero-order valence-corrected chi connectivity index (χ0v) is 15.2. The number of hydrogen-bond acceptors (Lipinski definition) is 2. The number of methoxy groups -OCH3 is 1. The van der Waals surface area contributed by atoms with Crippen LogP contribution in [0, 0.1) is 20.8 Å². The van der Waals surface area contributed by atoms with Gasteiger partial charge in [0.25, 0.3) is 0 Å². The molecule has 0 radical (unpaired) electrons. The molecular formula is C19H24N2OS. The summed E-state index contributed by atoms with van der Waals surface area (Å²) in [7, 11) is 1.69. The zero-order valence-electron chi connectivity index (χ0n) is 14.4. The minimum Gasteiger partial charge on any atom is -0.496 e. The van der Waals surface area contributed by atoms with Crippen LogP contribution < -0.4 is 15.4 Å². The highest BCUT2D eigenvalue weighted by atomic mass is 32.1. The van der Waals surface area contributed by atoms with Crippen LogP contribution in [0.1, 0.15) is 35.2 Å². The summed E-state index contributed by atoms with van der Waals surface area (Å²) >= 11 is 5.44. The van der Waals surface area contributed by atoms with E-state index in [-0.39, 0.29) is 6.04 Å². The van der Waals surface area contributed by atoms with Gasteiger partial charge in [0, 0.05) is 11.3 Å². The highest BCUT2D eigenvalue weighted by Crippen LogP contribution is 2.26. The Morgan fingerprint density at radius 2 is 1.78 bits per heavy atom. The van der Waals surface area contributed by atoms with E-state index in [4.69, 9.17) is 17.0 Å². The zero-order chi connectivity index (χ0) is 17.0. The normalized spacial score (nSPS) is 11.7. The molecule has 2 aromatic carbocycles. The van der Waals surface area contributed by atoms with Crippen molar-refractivity contribution in [3.8, 4) is 5.75 Å². The van der Waals surface area contributed by atoms with Gasteiger partial charge < -0.3 is 15.4 Å². The Morgan fingerprint density at radius 3 is 2.43 bits per heavy atom. The first-order valence-corrected chi connectivity index (χ1v) is 8.11. The molecule has 2 rings (SSSR count). The number of aryl methyl sites for hydroxylation is 3. The second kappa shape index (κ2) is 7.47. The Morgan fingerprint density at radius 1 is 1.04 bits per heavy atom. The fourth-order valence-corrected chi connectivity index (χ4v) is 2.75. The van der Waals surface area contributed by atoms with Crippen LogP contribution in [-0.4, -0.2) is 12.2 Å². The molecule has 0 fully saturated rings. The lowest BCUT2D eigenvalue weighted by atomic mass is 10.0.